The van der Waals surface area contributed by atoms with Crippen LogP contribution in [0.15, 0.2) is 18.2 Å². The number of aromatic amines is 1. The Bertz CT molecular complexity index is 760. The topological polar surface area (TPSA) is 87.8 Å². The molecule has 0 aliphatic carbocycles. The first-order valence-corrected chi connectivity index (χ1v) is 8.86. The second-order valence-corrected chi connectivity index (χ2v) is 7.39. The molecular weight excluding hydrogens is 336 g/mol. The van der Waals surface area contributed by atoms with Crippen LogP contribution in [0.1, 0.15) is 11.4 Å². The van der Waals surface area contributed by atoms with E-state index < -0.39 is 17.4 Å². The molecule has 140 valence electrons. The first-order valence-electron chi connectivity index (χ1n) is 8.86. The van der Waals surface area contributed by atoms with Crippen LogP contribution in [0, 0.1) is 18.8 Å². The van der Waals surface area contributed by atoms with Crippen molar-refractivity contribution in [1.29, 1.82) is 0 Å². The predicted octanol–water partition coefficient (Wildman–Crippen LogP) is 0.105. The van der Waals surface area contributed by atoms with E-state index >= 15 is 0 Å². The van der Waals surface area contributed by atoms with Gasteiger partial charge in [-0.25, -0.2) is 0 Å². The quantitative estimate of drug-likeness (QED) is 0.728. The largest absolute Gasteiger partial charge is 0.383 e. The molecule has 1 N–H and O–H groups in total. The Morgan fingerprint density at radius 3 is 3.08 bits per heavy atom. The number of H-pyrrole nitrogens is 1. The molecule has 3 aliphatic rings. The molecule has 0 radical (unpaired) electrons. The number of nitrogens with zero attached hydrogens (tertiary/aromatic N) is 3. The summed E-state index contributed by atoms with van der Waals surface area (Å²) in [4.78, 5) is 29.5. The van der Waals surface area contributed by atoms with Crippen LogP contribution in [0.4, 0.5) is 0 Å². The van der Waals surface area contributed by atoms with Crippen molar-refractivity contribution < 1.29 is 19.1 Å². The first-order chi connectivity index (χ1) is 12.4. The molecular formula is C18H24N4O4. The molecule has 0 saturated carbocycles. The lowest BCUT2D eigenvalue weighted by Gasteiger charge is -2.27. The maximum Gasteiger partial charge on any atom is 0.230 e. The molecule has 1 aromatic rings. The second-order valence-electron chi connectivity index (χ2n) is 7.39. The zero-order chi connectivity index (χ0) is 18.5. The van der Waals surface area contributed by atoms with Crippen LogP contribution in [0.3, 0.4) is 0 Å². The number of fused-ring (bicyclic) bond motifs is 1. The molecule has 0 aromatic carbocycles. The molecule has 4 rings (SSSR count). The van der Waals surface area contributed by atoms with Gasteiger partial charge in [-0.3, -0.25) is 14.7 Å². The van der Waals surface area contributed by atoms with Crippen LogP contribution in [0.25, 0.3) is 0 Å². The first kappa shape index (κ1) is 17.2. The zero-order valence-electron chi connectivity index (χ0n) is 15.3. The van der Waals surface area contributed by atoms with E-state index in [9.17, 15) is 9.59 Å². The molecule has 4 heterocycles. The molecule has 2 saturated heterocycles. The number of amides is 2. The van der Waals surface area contributed by atoms with Crippen LogP contribution < -0.4 is 0 Å². The van der Waals surface area contributed by atoms with E-state index in [1.165, 1.54) is 0 Å². The minimum absolute atomic E-state index is 0.0173. The van der Waals surface area contributed by atoms with E-state index in [4.69, 9.17) is 9.47 Å². The van der Waals surface area contributed by atoms with Gasteiger partial charge in [-0.05, 0) is 13.0 Å². The van der Waals surface area contributed by atoms with Crippen molar-refractivity contribution >= 4 is 11.8 Å². The SMILES string of the molecule is COCCN1C[C@]23C=C[C@H](O2)[C@@H](C(=O)N(C)Cc2cc(C)[nH]n2)[C@H]3C1=O. The lowest BCUT2D eigenvalue weighted by molar-refractivity contribution is -0.142. The van der Waals surface area contributed by atoms with Gasteiger partial charge in [0.2, 0.25) is 11.8 Å². The van der Waals surface area contributed by atoms with E-state index in [0.29, 0.717) is 26.2 Å². The number of likely N-dealkylation sites (tertiary alicyclic amines) is 1. The van der Waals surface area contributed by atoms with E-state index in [0.717, 1.165) is 11.4 Å². The van der Waals surface area contributed by atoms with Crippen molar-refractivity contribution in [2.75, 3.05) is 33.9 Å². The van der Waals surface area contributed by atoms with Gasteiger partial charge in [-0.15, -0.1) is 0 Å². The van der Waals surface area contributed by atoms with Crippen LogP contribution in [0.2, 0.25) is 0 Å². The number of carbonyl (C=O) groups excluding carboxylic acids is 2. The Morgan fingerprint density at radius 1 is 1.58 bits per heavy atom. The van der Waals surface area contributed by atoms with E-state index in [1.807, 2.05) is 25.1 Å². The van der Waals surface area contributed by atoms with Gasteiger partial charge in [-0.1, -0.05) is 12.2 Å². The summed E-state index contributed by atoms with van der Waals surface area (Å²) >= 11 is 0. The fraction of sp³-hybridized carbons (Fsp3) is 0.611. The van der Waals surface area contributed by atoms with E-state index in [1.54, 1.807) is 24.0 Å². The Morgan fingerprint density at radius 2 is 2.38 bits per heavy atom. The lowest BCUT2D eigenvalue weighted by atomic mass is 9.76. The standard InChI is InChI=1S/C18H24N4O4/c1-11-8-12(20-19-11)9-21(2)16(23)14-13-4-5-18(26-13)10-22(6-7-25-3)17(24)15(14)18/h4-5,8,13-15H,6-7,9-10H2,1-3H3,(H,19,20)/t13-,14+,15-,18-/m0/s1. The van der Waals surface area contributed by atoms with Crippen LogP contribution in [0.5, 0.6) is 0 Å². The summed E-state index contributed by atoms with van der Waals surface area (Å²) in [6, 6.07) is 1.91. The Hall–Kier alpha value is -2.19. The van der Waals surface area contributed by atoms with Gasteiger partial charge in [0.15, 0.2) is 0 Å². The highest BCUT2D eigenvalue weighted by atomic mass is 16.5. The second kappa shape index (κ2) is 6.21. The highest BCUT2D eigenvalue weighted by Crippen LogP contribution is 2.52. The molecule has 4 atom stereocenters. The van der Waals surface area contributed by atoms with Gasteiger partial charge < -0.3 is 19.3 Å². The van der Waals surface area contributed by atoms with Gasteiger partial charge in [0.1, 0.15) is 5.60 Å². The van der Waals surface area contributed by atoms with Gasteiger partial charge in [0, 0.05) is 26.4 Å². The van der Waals surface area contributed by atoms with Crippen molar-refractivity contribution in [3.8, 4) is 0 Å². The molecule has 2 amide bonds. The van der Waals surface area contributed by atoms with E-state index in [-0.39, 0.29) is 17.9 Å². The van der Waals surface area contributed by atoms with E-state index in [2.05, 4.69) is 10.2 Å². The number of aryl methyl sites for hydroxylation is 1. The summed E-state index contributed by atoms with van der Waals surface area (Å²) in [5.41, 5.74) is 1.08. The average Bonchev–Trinajstić information content (AvgIpc) is 3.34. The third kappa shape index (κ3) is 2.55. The lowest BCUT2D eigenvalue weighted by Crippen LogP contribution is -2.44. The Kier molecular flexibility index (Phi) is 4.11. The minimum atomic E-state index is -0.667. The van der Waals surface area contributed by atoms with Gasteiger partial charge in [0.05, 0.1) is 43.3 Å². The van der Waals surface area contributed by atoms with Gasteiger partial charge in [0.25, 0.3) is 0 Å². The summed E-state index contributed by atoms with van der Waals surface area (Å²) in [7, 11) is 3.36. The van der Waals surface area contributed by atoms with Crippen LogP contribution >= 0.6 is 0 Å². The van der Waals surface area contributed by atoms with Gasteiger partial charge in [-0.2, -0.15) is 5.10 Å². The summed E-state index contributed by atoms with van der Waals surface area (Å²) < 4.78 is 11.2. The number of carbonyl (C=O) groups is 2. The average molecular weight is 360 g/mol. The third-order valence-corrected chi connectivity index (χ3v) is 5.56. The molecule has 2 bridgehead atoms. The molecule has 2 fully saturated rings. The summed E-state index contributed by atoms with van der Waals surface area (Å²) in [5.74, 6) is -1.03. The molecule has 1 aromatic heterocycles. The molecule has 3 aliphatic heterocycles. The third-order valence-electron chi connectivity index (χ3n) is 5.56. The molecule has 0 unspecified atom stereocenters. The maximum absolute atomic E-state index is 13.1. The summed E-state index contributed by atoms with van der Waals surface area (Å²) in [6.45, 7) is 3.79. The summed E-state index contributed by atoms with van der Waals surface area (Å²) in [5, 5.41) is 7.07. The number of hydrogen-bond acceptors (Lipinski definition) is 5. The molecule has 26 heavy (non-hydrogen) atoms. The number of nitrogens with one attached hydrogen (secondary N) is 1. The highest BCUT2D eigenvalue weighted by molar-refractivity contribution is 5.93. The monoisotopic (exact) mass is 360 g/mol. The fourth-order valence-electron chi connectivity index (χ4n) is 4.38. The Balaban J connectivity index is 1.52. The number of hydrogen-bond donors (Lipinski definition) is 1. The predicted molar refractivity (Wildman–Crippen MR) is 92.0 cm³/mol. The minimum Gasteiger partial charge on any atom is -0.383 e. The highest BCUT2D eigenvalue weighted by Gasteiger charge is 2.66. The molecule has 1 spiro atoms. The van der Waals surface area contributed by atoms with Crippen molar-refractivity contribution in [1.82, 2.24) is 20.0 Å². The summed E-state index contributed by atoms with van der Waals surface area (Å²) in [6.07, 6.45) is 3.57. The number of rotatable bonds is 6. The van der Waals surface area contributed by atoms with Crippen LogP contribution in [-0.2, 0) is 25.6 Å². The number of aromatic nitrogens is 2. The van der Waals surface area contributed by atoms with Gasteiger partial charge >= 0.3 is 0 Å². The van der Waals surface area contributed by atoms with Crippen molar-refractivity contribution in [3.63, 3.8) is 0 Å². The maximum atomic E-state index is 13.1. The van der Waals surface area contributed by atoms with Crippen LogP contribution in [-0.4, -0.2) is 77.4 Å². The van der Waals surface area contributed by atoms with Crippen molar-refractivity contribution in [2.45, 2.75) is 25.2 Å². The van der Waals surface area contributed by atoms with Crippen molar-refractivity contribution in [2.24, 2.45) is 11.8 Å². The number of ether oxygens (including phenoxy) is 2. The number of methoxy groups -OCH3 is 1. The Labute approximate surface area is 152 Å². The molecule has 8 nitrogen and oxygen atoms in total. The smallest absolute Gasteiger partial charge is 0.230 e. The molecule has 8 heteroatoms. The van der Waals surface area contributed by atoms with Crippen molar-refractivity contribution in [3.05, 3.63) is 29.6 Å². The zero-order valence-corrected chi connectivity index (χ0v) is 15.3. The normalized spacial score (nSPS) is 31.7. The fourth-order valence-corrected chi connectivity index (χ4v) is 4.38.